The van der Waals surface area contributed by atoms with Crippen LogP contribution in [-0.2, 0) is 4.74 Å². The summed E-state index contributed by atoms with van der Waals surface area (Å²) in [5.74, 6) is 0. The minimum atomic E-state index is -0.735. The van der Waals surface area contributed by atoms with Crippen LogP contribution >= 0.6 is 0 Å². The molecule has 0 radical (unpaired) electrons. The molecule has 1 N–H and O–H groups in total. The molecule has 0 aromatic carbocycles. The Morgan fingerprint density at radius 3 is 2.62 bits per heavy atom. The number of carbonyl (C=O) groups is 2. The Hall–Kier alpha value is -1.89. The number of nitrogens with one attached hydrogen (secondary N) is 1. The molecule has 1 aromatic heterocycles. The number of hydrogen-bond donors (Lipinski definition) is 1. The van der Waals surface area contributed by atoms with Gasteiger partial charge >= 0.3 is 12.2 Å². The molecule has 2 rings (SSSR count). The van der Waals surface area contributed by atoms with Crippen LogP contribution in [0.25, 0.3) is 0 Å². The summed E-state index contributed by atoms with van der Waals surface area (Å²) in [5, 5.41) is 3.10. The number of rotatable bonds is 0. The highest BCUT2D eigenvalue weighted by atomic mass is 16.6. The monoisotopic (exact) mass is 224 g/mol. The van der Waals surface area contributed by atoms with E-state index in [2.05, 4.69) is 15.0 Å². The first-order valence-electron chi connectivity index (χ1n) is 4.97. The van der Waals surface area contributed by atoms with Gasteiger partial charge in [-0.25, -0.2) is 19.1 Å². The largest absolute Gasteiger partial charge is 0.428 e. The fraction of sp³-hybridized carbons (Fsp3) is 0.444. The molecule has 1 saturated heterocycles. The van der Waals surface area contributed by atoms with Crippen molar-refractivity contribution in [3.05, 3.63) is 18.7 Å². The van der Waals surface area contributed by atoms with Gasteiger partial charge in [0.2, 0.25) is 0 Å². The maximum Gasteiger partial charge on any atom is 0.428 e. The van der Waals surface area contributed by atoms with E-state index >= 15 is 0 Å². The van der Waals surface area contributed by atoms with Gasteiger partial charge in [0.25, 0.3) is 0 Å². The van der Waals surface area contributed by atoms with E-state index in [1.165, 1.54) is 23.6 Å². The first kappa shape index (κ1) is 10.6. The van der Waals surface area contributed by atoms with E-state index in [4.69, 9.17) is 0 Å². The Morgan fingerprint density at radius 2 is 2.00 bits per heavy atom. The number of hydrogen-bond acceptors (Lipinski definition) is 5. The number of carbonyl (C=O) groups excluding carboxylic acids is 2. The van der Waals surface area contributed by atoms with Gasteiger partial charge in [0.15, 0.2) is 0 Å². The molecule has 1 aliphatic rings. The quantitative estimate of drug-likeness (QED) is 0.622. The first-order valence-corrected chi connectivity index (χ1v) is 4.97. The summed E-state index contributed by atoms with van der Waals surface area (Å²) in [5.41, 5.74) is 0. The lowest BCUT2D eigenvalue weighted by molar-refractivity contribution is 0.114. The Kier molecular flexibility index (Phi) is 3.16. The second kappa shape index (κ2) is 4.75. The lowest BCUT2D eigenvalue weighted by atomic mass is 10.4. The first-order chi connectivity index (χ1) is 7.77. The van der Waals surface area contributed by atoms with Crippen molar-refractivity contribution in [1.82, 2.24) is 19.8 Å². The van der Waals surface area contributed by atoms with Gasteiger partial charge in [-0.2, -0.15) is 0 Å². The van der Waals surface area contributed by atoms with Crippen molar-refractivity contribution in [2.24, 2.45) is 0 Å². The number of nitrogens with zero attached hydrogens (tertiary/aromatic N) is 3. The molecule has 7 nitrogen and oxygen atoms in total. The molecule has 0 atom stereocenters. The average molecular weight is 224 g/mol. The maximum absolute atomic E-state index is 11.5. The number of ether oxygens (including phenoxy) is 1. The predicted molar refractivity (Wildman–Crippen MR) is 53.9 cm³/mol. The molecule has 0 unspecified atom stereocenters. The van der Waals surface area contributed by atoms with Crippen LogP contribution in [0.5, 0.6) is 0 Å². The molecule has 0 spiro atoms. The summed E-state index contributed by atoms with van der Waals surface area (Å²) < 4.78 is 5.79. The minimum absolute atomic E-state index is 0.552. The van der Waals surface area contributed by atoms with E-state index in [0.29, 0.717) is 26.2 Å². The zero-order chi connectivity index (χ0) is 11.4. The van der Waals surface area contributed by atoms with Crippen molar-refractivity contribution < 1.29 is 14.3 Å². The van der Waals surface area contributed by atoms with Crippen molar-refractivity contribution >= 4 is 12.2 Å². The molecule has 1 aromatic rings. The molecular weight excluding hydrogens is 212 g/mol. The van der Waals surface area contributed by atoms with Crippen LogP contribution in [0.3, 0.4) is 0 Å². The molecular formula is C9H12N4O3. The lowest BCUT2D eigenvalue weighted by Crippen LogP contribution is -2.47. The summed E-state index contributed by atoms with van der Waals surface area (Å²) in [7, 11) is 0. The number of piperazine rings is 1. The fourth-order valence-corrected chi connectivity index (χ4v) is 1.41. The van der Waals surface area contributed by atoms with Crippen molar-refractivity contribution in [2.75, 3.05) is 26.2 Å². The van der Waals surface area contributed by atoms with Crippen LogP contribution in [-0.4, -0.2) is 52.8 Å². The minimum Gasteiger partial charge on any atom is -0.359 e. The lowest BCUT2D eigenvalue weighted by Gasteiger charge is -2.25. The molecule has 86 valence electrons. The molecule has 0 bridgehead atoms. The number of imidazole rings is 1. The smallest absolute Gasteiger partial charge is 0.359 e. The average Bonchev–Trinajstić information content (AvgIpc) is 2.83. The Morgan fingerprint density at radius 1 is 1.25 bits per heavy atom. The molecule has 1 aliphatic heterocycles. The zero-order valence-electron chi connectivity index (χ0n) is 8.63. The van der Waals surface area contributed by atoms with Crippen LogP contribution < -0.4 is 5.32 Å². The Labute approximate surface area is 92.0 Å². The second-order valence-electron chi connectivity index (χ2n) is 3.34. The van der Waals surface area contributed by atoms with Crippen molar-refractivity contribution in [2.45, 2.75) is 0 Å². The van der Waals surface area contributed by atoms with E-state index in [9.17, 15) is 9.59 Å². The molecule has 0 saturated carbocycles. The highest BCUT2D eigenvalue weighted by Gasteiger charge is 2.20. The van der Waals surface area contributed by atoms with Crippen molar-refractivity contribution in [1.29, 1.82) is 0 Å². The van der Waals surface area contributed by atoms with Gasteiger partial charge in [-0.15, -0.1) is 0 Å². The van der Waals surface area contributed by atoms with Gasteiger partial charge in [-0.1, -0.05) is 0 Å². The summed E-state index contributed by atoms with van der Waals surface area (Å²) >= 11 is 0. The van der Waals surface area contributed by atoms with Crippen molar-refractivity contribution in [3.63, 3.8) is 0 Å². The van der Waals surface area contributed by atoms with Crippen LogP contribution in [0.15, 0.2) is 18.7 Å². The highest BCUT2D eigenvalue weighted by molar-refractivity contribution is 5.84. The van der Waals surface area contributed by atoms with Gasteiger partial charge < -0.3 is 15.0 Å². The normalized spacial score (nSPS) is 15.9. The molecule has 1 amide bonds. The third-order valence-electron chi connectivity index (χ3n) is 2.27. The standard InChI is InChI=1S/C9H12N4O3/c14-8(12-4-1-10-2-5-12)16-9(15)13-6-3-11-7-13/h3,6-7,10H,1-2,4-5H2. The van der Waals surface area contributed by atoms with E-state index in [0.717, 1.165) is 4.57 Å². The summed E-state index contributed by atoms with van der Waals surface area (Å²) in [6.07, 6.45) is 2.80. The van der Waals surface area contributed by atoms with E-state index in [-0.39, 0.29) is 0 Å². The molecule has 0 aliphatic carbocycles. The van der Waals surface area contributed by atoms with Gasteiger partial charge in [0.05, 0.1) is 0 Å². The predicted octanol–water partition coefficient (Wildman–Crippen LogP) is -0.107. The Bertz CT molecular complexity index is 370. The van der Waals surface area contributed by atoms with Crippen LogP contribution in [0.2, 0.25) is 0 Å². The maximum atomic E-state index is 11.5. The van der Waals surface area contributed by atoms with Crippen molar-refractivity contribution in [3.8, 4) is 0 Å². The third kappa shape index (κ3) is 2.37. The zero-order valence-corrected chi connectivity index (χ0v) is 8.63. The molecule has 1 fully saturated rings. The summed E-state index contributed by atoms with van der Waals surface area (Å²) in [4.78, 5) is 28.1. The van der Waals surface area contributed by atoms with E-state index in [1.807, 2.05) is 0 Å². The SMILES string of the molecule is O=C(OC(=O)n1ccnc1)N1CCNCC1. The van der Waals surface area contributed by atoms with Crippen LogP contribution in [0.4, 0.5) is 9.59 Å². The number of amides is 1. The molecule has 2 heterocycles. The van der Waals surface area contributed by atoms with E-state index in [1.54, 1.807) is 0 Å². The van der Waals surface area contributed by atoms with Gasteiger partial charge in [0.1, 0.15) is 6.33 Å². The number of aromatic nitrogens is 2. The van der Waals surface area contributed by atoms with Gasteiger partial charge in [0, 0.05) is 38.6 Å². The van der Waals surface area contributed by atoms with Gasteiger partial charge in [-0.3, -0.25) is 0 Å². The summed E-state index contributed by atoms with van der Waals surface area (Å²) in [6, 6.07) is 0. The molecule has 7 heteroatoms. The van der Waals surface area contributed by atoms with Crippen LogP contribution in [0.1, 0.15) is 0 Å². The Balaban J connectivity index is 1.89. The second-order valence-corrected chi connectivity index (χ2v) is 3.34. The fourth-order valence-electron chi connectivity index (χ4n) is 1.41. The highest BCUT2D eigenvalue weighted by Crippen LogP contribution is 1.99. The van der Waals surface area contributed by atoms with E-state index < -0.39 is 12.2 Å². The van der Waals surface area contributed by atoms with Gasteiger partial charge in [-0.05, 0) is 0 Å². The topological polar surface area (TPSA) is 76.5 Å². The third-order valence-corrected chi connectivity index (χ3v) is 2.27. The summed E-state index contributed by atoms with van der Waals surface area (Å²) in [6.45, 7) is 2.54. The van der Waals surface area contributed by atoms with Crippen LogP contribution in [0, 0.1) is 0 Å². The molecule has 16 heavy (non-hydrogen) atoms.